The van der Waals surface area contributed by atoms with Gasteiger partial charge in [0.15, 0.2) is 5.78 Å². The molecule has 1 N–H and O–H groups in total. The van der Waals surface area contributed by atoms with Crippen molar-refractivity contribution < 1.29 is 14.4 Å². The first kappa shape index (κ1) is 13.2. The summed E-state index contributed by atoms with van der Waals surface area (Å²) in [5.74, 6) is 0.216. The van der Waals surface area contributed by atoms with E-state index in [1.807, 2.05) is 20.2 Å². The summed E-state index contributed by atoms with van der Waals surface area (Å²) in [5, 5.41) is 4.20. The number of carbonyl (C=O) groups is 1. The number of aromatic nitrogens is 2. The molecule has 5 nitrogen and oxygen atoms in total. The van der Waals surface area contributed by atoms with Crippen molar-refractivity contribution in [2.24, 2.45) is 7.05 Å². The van der Waals surface area contributed by atoms with E-state index >= 15 is 0 Å². The second-order valence-electron chi connectivity index (χ2n) is 4.94. The number of hydrogen-bond acceptors (Lipinski definition) is 3. The minimum absolute atomic E-state index is 0.216. The second kappa shape index (κ2) is 6.11. The Labute approximate surface area is 108 Å². The number of nitrogens with one attached hydrogen (secondary N) is 1. The van der Waals surface area contributed by atoms with E-state index in [0.29, 0.717) is 6.42 Å². The second-order valence-corrected chi connectivity index (χ2v) is 4.94. The van der Waals surface area contributed by atoms with E-state index in [1.54, 1.807) is 9.58 Å². The van der Waals surface area contributed by atoms with Crippen molar-refractivity contribution in [1.82, 2.24) is 9.78 Å². The van der Waals surface area contributed by atoms with Crippen molar-refractivity contribution in [1.29, 1.82) is 0 Å². The van der Waals surface area contributed by atoms with Crippen LogP contribution in [0.2, 0.25) is 0 Å². The lowest BCUT2D eigenvalue weighted by Crippen LogP contribution is -3.14. The van der Waals surface area contributed by atoms with E-state index in [1.165, 1.54) is 0 Å². The number of aryl methyl sites for hydroxylation is 2. The third-order valence-electron chi connectivity index (χ3n) is 3.45. The molecule has 2 heterocycles. The van der Waals surface area contributed by atoms with Gasteiger partial charge in [-0.2, -0.15) is 5.10 Å². The first-order valence-corrected chi connectivity index (χ1v) is 6.61. The number of ether oxygens (including phenoxy) is 1. The zero-order chi connectivity index (χ0) is 13.0. The lowest BCUT2D eigenvalue weighted by atomic mass is 10.1. The quantitative estimate of drug-likeness (QED) is 0.726. The molecule has 0 aliphatic carbocycles. The van der Waals surface area contributed by atoms with E-state index in [2.05, 4.69) is 5.10 Å². The molecule has 1 fully saturated rings. The van der Waals surface area contributed by atoms with E-state index in [-0.39, 0.29) is 5.78 Å². The van der Waals surface area contributed by atoms with Gasteiger partial charge >= 0.3 is 0 Å². The average Bonchev–Trinajstić information content (AvgIpc) is 2.70. The van der Waals surface area contributed by atoms with Crippen LogP contribution in [0, 0.1) is 6.92 Å². The highest BCUT2D eigenvalue weighted by Crippen LogP contribution is 2.08. The molecule has 100 valence electrons. The maximum Gasteiger partial charge on any atom is 0.166 e. The molecule has 0 radical (unpaired) electrons. The van der Waals surface area contributed by atoms with Gasteiger partial charge in [0.05, 0.1) is 31.0 Å². The van der Waals surface area contributed by atoms with Crippen LogP contribution in [-0.4, -0.2) is 48.4 Å². The Morgan fingerprint density at radius 2 is 2.22 bits per heavy atom. The van der Waals surface area contributed by atoms with Crippen LogP contribution in [0.15, 0.2) is 6.20 Å². The highest BCUT2D eigenvalue weighted by Gasteiger charge is 2.16. The Morgan fingerprint density at radius 1 is 1.50 bits per heavy atom. The summed E-state index contributed by atoms with van der Waals surface area (Å²) >= 11 is 0. The van der Waals surface area contributed by atoms with Crippen molar-refractivity contribution in [3.63, 3.8) is 0 Å². The summed E-state index contributed by atoms with van der Waals surface area (Å²) in [7, 11) is 1.85. The van der Waals surface area contributed by atoms with Gasteiger partial charge in [0.2, 0.25) is 0 Å². The number of carbonyl (C=O) groups excluding carboxylic acids is 1. The van der Waals surface area contributed by atoms with E-state index in [4.69, 9.17) is 4.74 Å². The zero-order valence-corrected chi connectivity index (χ0v) is 11.2. The van der Waals surface area contributed by atoms with Crippen LogP contribution in [0.1, 0.15) is 28.9 Å². The van der Waals surface area contributed by atoms with Crippen LogP contribution >= 0.6 is 0 Å². The molecule has 1 aromatic heterocycles. The van der Waals surface area contributed by atoms with Crippen molar-refractivity contribution >= 4 is 5.78 Å². The van der Waals surface area contributed by atoms with Crippen LogP contribution in [0.25, 0.3) is 0 Å². The molecule has 0 aromatic carbocycles. The number of ketones is 1. The number of rotatable bonds is 5. The maximum atomic E-state index is 12.0. The number of morpholine rings is 1. The molecular formula is C13H22N3O2+. The number of Topliss-reactive ketones (excluding diaryl/α,β-unsaturated/α-hetero) is 1. The topological polar surface area (TPSA) is 48.6 Å². The Bertz CT molecular complexity index is 408. The lowest BCUT2D eigenvalue weighted by molar-refractivity contribution is -0.908. The summed E-state index contributed by atoms with van der Waals surface area (Å²) in [4.78, 5) is 13.6. The Morgan fingerprint density at radius 3 is 2.83 bits per heavy atom. The predicted octanol–water partition coefficient (Wildman–Crippen LogP) is -0.393. The highest BCUT2D eigenvalue weighted by atomic mass is 16.5. The van der Waals surface area contributed by atoms with Crippen LogP contribution in [0.4, 0.5) is 0 Å². The lowest BCUT2D eigenvalue weighted by Gasteiger charge is -2.23. The van der Waals surface area contributed by atoms with Gasteiger partial charge in [0.25, 0.3) is 0 Å². The molecule has 0 amide bonds. The van der Waals surface area contributed by atoms with E-state index in [0.717, 1.165) is 50.5 Å². The zero-order valence-electron chi connectivity index (χ0n) is 11.2. The normalized spacial score (nSPS) is 17.0. The first-order chi connectivity index (χ1) is 8.66. The van der Waals surface area contributed by atoms with Crippen LogP contribution < -0.4 is 4.90 Å². The standard InChI is InChI=1S/C13H21N3O2/c1-11-12(10-15(2)14-11)13(17)4-3-5-16-6-8-18-9-7-16/h10H,3-9H2,1-2H3/p+1. The number of hydrogen-bond donors (Lipinski definition) is 1. The summed E-state index contributed by atoms with van der Waals surface area (Å²) in [6, 6.07) is 0. The van der Waals surface area contributed by atoms with Gasteiger partial charge in [-0.25, -0.2) is 0 Å². The molecular weight excluding hydrogens is 230 g/mol. The molecule has 2 rings (SSSR count). The predicted molar refractivity (Wildman–Crippen MR) is 67.9 cm³/mol. The third kappa shape index (κ3) is 3.40. The van der Waals surface area contributed by atoms with E-state index < -0.39 is 0 Å². The van der Waals surface area contributed by atoms with E-state index in [9.17, 15) is 4.79 Å². The fourth-order valence-corrected chi connectivity index (χ4v) is 2.42. The third-order valence-corrected chi connectivity index (χ3v) is 3.45. The van der Waals surface area contributed by atoms with Gasteiger partial charge in [-0.05, 0) is 6.92 Å². The van der Waals surface area contributed by atoms with Gasteiger partial charge < -0.3 is 9.64 Å². The SMILES string of the molecule is Cc1nn(C)cc1C(=O)CCC[NH+]1CCOCC1. The molecule has 1 aliphatic rings. The molecule has 1 aliphatic heterocycles. The first-order valence-electron chi connectivity index (χ1n) is 6.61. The van der Waals surface area contributed by atoms with Crippen molar-refractivity contribution in [3.05, 3.63) is 17.5 Å². The summed E-state index contributed by atoms with van der Waals surface area (Å²) in [5.41, 5.74) is 1.61. The average molecular weight is 252 g/mol. The molecule has 1 saturated heterocycles. The molecule has 0 atom stereocenters. The summed E-state index contributed by atoms with van der Waals surface area (Å²) in [6.07, 6.45) is 3.39. The Balaban J connectivity index is 1.76. The van der Waals surface area contributed by atoms with Crippen LogP contribution in [0.5, 0.6) is 0 Å². The van der Waals surface area contributed by atoms with Crippen LogP contribution in [-0.2, 0) is 11.8 Å². The van der Waals surface area contributed by atoms with Crippen molar-refractivity contribution in [3.8, 4) is 0 Å². The van der Waals surface area contributed by atoms with Crippen molar-refractivity contribution in [2.45, 2.75) is 19.8 Å². The Kier molecular flexibility index (Phi) is 4.49. The van der Waals surface area contributed by atoms with Gasteiger partial charge in [0, 0.05) is 26.1 Å². The molecule has 5 heteroatoms. The van der Waals surface area contributed by atoms with Gasteiger partial charge in [-0.15, -0.1) is 0 Å². The van der Waals surface area contributed by atoms with Crippen molar-refractivity contribution in [2.75, 3.05) is 32.8 Å². The minimum Gasteiger partial charge on any atom is -0.370 e. The van der Waals surface area contributed by atoms with Gasteiger partial charge in [0.1, 0.15) is 13.1 Å². The fourth-order valence-electron chi connectivity index (χ4n) is 2.42. The van der Waals surface area contributed by atoms with Gasteiger partial charge in [-0.3, -0.25) is 9.48 Å². The molecule has 0 unspecified atom stereocenters. The summed E-state index contributed by atoms with van der Waals surface area (Å²) in [6.45, 7) is 6.80. The maximum absolute atomic E-state index is 12.0. The molecule has 1 aromatic rings. The number of quaternary nitrogens is 1. The van der Waals surface area contributed by atoms with Gasteiger partial charge in [-0.1, -0.05) is 0 Å². The largest absolute Gasteiger partial charge is 0.370 e. The minimum atomic E-state index is 0.216. The molecule has 0 saturated carbocycles. The smallest absolute Gasteiger partial charge is 0.166 e. The monoisotopic (exact) mass is 252 g/mol. The molecule has 18 heavy (non-hydrogen) atoms. The van der Waals surface area contributed by atoms with Crippen LogP contribution in [0.3, 0.4) is 0 Å². The molecule has 0 spiro atoms. The summed E-state index contributed by atoms with van der Waals surface area (Å²) < 4.78 is 7.02. The Hall–Kier alpha value is -1.20. The highest BCUT2D eigenvalue weighted by molar-refractivity contribution is 5.96. The number of nitrogens with zero attached hydrogens (tertiary/aromatic N) is 2. The molecule has 0 bridgehead atoms. The fraction of sp³-hybridized carbons (Fsp3) is 0.692.